The fourth-order valence-electron chi connectivity index (χ4n) is 4.37. The van der Waals surface area contributed by atoms with Crippen molar-refractivity contribution in [2.75, 3.05) is 42.6 Å². The largest absolute Gasteiger partial charge is 0.478 e. The Morgan fingerprint density at radius 2 is 1.47 bits per heavy atom. The molecular weight excluding hydrogens is 426 g/mol. The summed E-state index contributed by atoms with van der Waals surface area (Å²) in [4.78, 5) is 21.5. The van der Waals surface area contributed by atoms with Crippen LogP contribution in [0.3, 0.4) is 0 Å². The van der Waals surface area contributed by atoms with Crippen LogP contribution in [0.4, 0.5) is 11.4 Å². The number of carbonyl (C=O) groups is 1. The predicted molar refractivity (Wildman–Crippen MR) is 135 cm³/mol. The number of esters is 1. The molecule has 0 spiro atoms. The first-order valence-corrected chi connectivity index (χ1v) is 12.0. The van der Waals surface area contributed by atoms with Crippen LogP contribution in [0.2, 0.25) is 0 Å². The minimum atomic E-state index is -0.657. The lowest BCUT2D eigenvalue weighted by Crippen LogP contribution is -2.46. The van der Waals surface area contributed by atoms with Crippen LogP contribution in [0.25, 0.3) is 0 Å². The van der Waals surface area contributed by atoms with Gasteiger partial charge in [0.25, 0.3) is 0 Å². The zero-order chi connectivity index (χ0) is 23.8. The van der Waals surface area contributed by atoms with Gasteiger partial charge in [0.15, 0.2) is 6.10 Å². The third-order valence-corrected chi connectivity index (χ3v) is 6.21. The van der Waals surface area contributed by atoms with E-state index in [0.29, 0.717) is 12.4 Å². The SMILES string of the molecule is CCOC(=O)C(Oc1ccc(N2CCN(c3ccncc3)CC2)cc1)C(C)Cc1ccccc1. The predicted octanol–water partition coefficient (Wildman–Crippen LogP) is 4.60. The molecule has 0 saturated carbocycles. The molecule has 0 amide bonds. The molecule has 2 atom stereocenters. The van der Waals surface area contributed by atoms with Gasteiger partial charge in [-0.25, -0.2) is 4.79 Å². The number of pyridine rings is 1. The number of carbonyl (C=O) groups excluding carboxylic acids is 1. The van der Waals surface area contributed by atoms with Crippen molar-refractivity contribution in [1.82, 2.24) is 4.98 Å². The Kier molecular flexibility index (Phi) is 8.02. The summed E-state index contributed by atoms with van der Waals surface area (Å²) in [6, 6.07) is 22.3. The van der Waals surface area contributed by atoms with Gasteiger partial charge in [0.05, 0.1) is 6.61 Å². The number of hydrogen-bond donors (Lipinski definition) is 0. The monoisotopic (exact) mass is 459 g/mol. The molecule has 1 saturated heterocycles. The highest BCUT2D eigenvalue weighted by Gasteiger charge is 2.29. The van der Waals surface area contributed by atoms with E-state index in [9.17, 15) is 4.79 Å². The van der Waals surface area contributed by atoms with Gasteiger partial charge in [-0.05, 0) is 55.3 Å². The average Bonchev–Trinajstić information content (AvgIpc) is 2.89. The summed E-state index contributed by atoms with van der Waals surface area (Å²) >= 11 is 0. The van der Waals surface area contributed by atoms with E-state index in [-0.39, 0.29) is 11.9 Å². The van der Waals surface area contributed by atoms with Gasteiger partial charge >= 0.3 is 5.97 Å². The molecular formula is C28H33N3O3. The van der Waals surface area contributed by atoms with Crippen LogP contribution >= 0.6 is 0 Å². The van der Waals surface area contributed by atoms with Gasteiger partial charge in [0.1, 0.15) is 5.75 Å². The first kappa shape index (κ1) is 23.6. The lowest BCUT2D eigenvalue weighted by molar-refractivity contribution is -0.153. The summed E-state index contributed by atoms with van der Waals surface area (Å²) in [5.41, 5.74) is 3.55. The first-order valence-electron chi connectivity index (χ1n) is 12.0. The topological polar surface area (TPSA) is 54.9 Å². The van der Waals surface area contributed by atoms with Gasteiger partial charge in [-0.1, -0.05) is 37.3 Å². The number of nitrogens with zero attached hydrogens (tertiary/aromatic N) is 3. The highest BCUT2D eigenvalue weighted by Crippen LogP contribution is 2.25. The summed E-state index contributed by atoms with van der Waals surface area (Å²) < 4.78 is 11.5. The Morgan fingerprint density at radius 3 is 2.06 bits per heavy atom. The van der Waals surface area contributed by atoms with Gasteiger partial charge in [-0.3, -0.25) is 4.98 Å². The van der Waals surface area contributed by atoms with E-state index in [1.807, 2.05) is 56.6 Å². The number of hydrogen-bond acceptors (Lipinski definition) is 6. The second-order valence-electron chi connectivity index (χ2n) is 8.63. The van der Waals surface area contributed by atoms with Gasteiger partial charge < -0.3 is 19.3 Å². The average molecular weight is 460 g/mol. The van der Waals surface area contributed by atoms with Crippen molar-refractivity contribution >= 4 is 17.3 Å². The highest BCUT2D eigenvalue weighted by molar-refractivity contribution is 5.75. The number of ether oxygens (including phenoxy) is 2. The summed E-state index contributed by atoms with van der Waals surface area (Å²) in [6.45, 7) is 8.00. The van der Waals surface area contributed by atoms with Crippen LogP contribution < -0.4 is 14.5 Å². The molecule has 1 aliphatic heterocycles. The Bertz CT molecular complexity index is 1020. The van der Waals surface area contributed by atoms with Crippen molar-refractivity contribution in [3.63, 3.8) is 0 Å². The molecule has 0 bridgehead atoms. The van der Waals surface area contributed by atoms with Crippen molar-refractivity contribution in [3.8, 4) is 5.75 Å². The summed E-state index contributed by atoms with van der Waals surface area (Å²) in [5.74, 6) is 0.335. The molecule has 4 rings (SSSR count). The minimum absolute atomic E-state index is 0.0256. The lowest BCUT2D eigenvalue weighted by Gasteiger charge is -2.37. The van der Waals surface area contributed by atoms with Crippen molar-refractivity contribution in [3.05, 3.63) is 84.7 Å². The molecule has 2 unspecified atom stereocenters. The van der Waals surface area contributed by atoms with Crippen molar-refractivity contribution in [1.29, 1.82) is 0 Å². The third kappa shape index (κ3) is 6.07. The maximum atomic E-state index is 12.7. The van der Waals surface area contributed by atoms with Gasteiger partial charge in [-0.15, -0.1) is 0 Å². The maximum Gasteiger partial charge on any atom is 0.347 e. The highest BCUT2D eigenvalue weighted by atomic mass is 16.6. The van der Waals surface area contributed by atoms with Crippen LogP contribution in [-0.2, 0) is 16.0 Å². The number of benzene rings is 2. The second kappa shape index (κ2) is 11.5. The number of rotatable bonds is 9. The van der Waals surface area contributed by atoms with E-state index in [1.165, 1.54) is 11.3 Å². The lowest BCUT2D eigenvalue weighted by atomic mass is 9.95. The maximum absolute atomic E-state index is 12.7. The molecule has 1 aliphatic rings. The van der Waals surface area contributed by atoms with Gasteiger partial charge in [-0.2, -0.15) is 0 Å². The van der Waals surface area contributed by atoms with Gasteiger partial charge in [0, 0.05) is 55.9 Å². The van der Waals surface area contributed by atoms with Crippen LogP contribution in [0.1, 0.15) is 19.4 Å². The smallest absolute Gasteiger partial charge is 0.347 e. The number of anilines is 2. The molecule has 3 aromatic rings. The van der Waals surface area contributed by atoms with E-state index >= 15 is 0 Å². The zero-order valence-electron chi connectivity index (χ0n) is 20.0. The van der Waals surface area contributed by atoms with Gasteiger partial charge in [0.2, 0.25) is 0 Å². The Morgan fingerprint density at radius 1 is 0.882 bits per heavy atom. The van der Waals surface area contributed by atoms with Crippen LogP contribution in [0, 0.1) is 5.92 Å². The molecule has 34 heavy (non-hydrogen) atoms. The zero-order valence-corrected chi connectivity index (χ0v) is 20.0. The standard InChI is InChI=1S/C28H33N3O3/c1-3-33-28(32)27(22(2)21-23-7-5-4-6-8-23)34-26-11-9-24(10-12-26)30-17-19-31(20-18-30)25-13-15-29-16-14-25/h4-16,22,27H,3,17-21H2,1-2H3. The first-order chi connectivity index (χ1) is 16.6. The molecule has 6 heteroatoms. The molecule has 0 aliphatic carbocycles. The molecule has 1 aromatic heterocycles. The van der Waals surface area contributed by atoms with Crippen molar-refractivity contribution in [2.24, 2.45) is 5.92 Å². The Balaban J connectivity index is 1.38. The van der Waals surface area contributed by atoms with Crippen LogP contribution in [-0.4, -0.2) is 49.8 Å². The summed E-state index contributed by atoms with van der Waals surface area (Å²) in [5, 5.41) is 0. The number of aromatic nitrogens is 1. The van der Waals surface area contributed by atoms with Crippen LogP contribution in [0.5, 0.6) is 5.75 Å². The minimum Gasteiger partial charge on any atom is -0.478 e. The molecule has 2 heterocycles. The fraction of sp³-hybridized carbons (Fsp3) is 0.357. The van der Waals surface area contributed by atoms with E-state index in [2.05, 4.69) is 51.2 Å². The van der Waals surface area contributed by atoms with Crippen LogP contribution in [0.15, 0.2) is 79.1 Å². The van der Waals surface area contributed by atoms with Crippen molar-refractivity contribution < 1.29 is 14.3 Å². The Hall–Kier alpha value is -3.54. The normalized spacial score (nSPS) is 15.5. The molecule has 1 fully saturated rings. The van der Waals surface area contributed by atoms with Crippen molar-refractivity contribution in [2.45, 2.75) is 26.4 Å². The van der Waals surface area contributed by atoms with E-state index in [0.717, 1.165) is 38.3 Å². The Labute approximate surface area is 202 Å². The van der Waals surface area contributed by atoms with E-state index < -0.39 is 6.10 Å². The molecule has 0 N–H and O–H groups in total. The molecule has 6 nitrogen and oxygen atoms in total. The molecule has 2 aromatic carbocycles. The summed E-state index contributed by atoms with van der Waals surface area (Å²) in [7, 11) is 0. The second-order valence-corrected chi connectivity index (χ2v) is 8.63. The number of piperazine rings is 1. The van der Waals surface area contributed by atoms with E-state index in [1.54, 1.807) is 0 Å². The summed E-state index contributed by atoms with van der Waals surface area (Å²) in [6.07, 6.45) is 3.76. The third-order valence-electron chi connectivity index (χ3n) is 6.21. The van der Waals surface area contributed by atoms with E-state index in [4.69, 9.17) is 9.47 Å². The molecule has 178 valence electrons. The molecule has 0 radical (unpaired) electrons. The quantitative estimate of drug-likeness (QED) is 0.436. The fourth-order valence-corrected chi connectivity index (χ4v) is 4.37.